The van der Waals surface area contributed by atoms with Gasteiger partial charge in [0.15, 0.2) is 0 Å². The Kier molecular flexibility index (Phi) is 5.51. The van der Waals surface area contributed by atoms with Crippen molar-refractivity contribution in [2.24, 2.45) is 0 Å². The summed E-state index contributed by atoms with van der Waals surface area (Å²) in [6.45, 7) is 4.67. The molecule has 0 amide bonds. The van der Waals surface area contributed by atoms with E-state index in [1.165, 1.54) is 5.56 Å². The van der Waals surface area contributed by atoms with Crippen LogP contribution in [0.1, 0.15) is 37.0 Å². The second kappa shape index (κ2) is 7.17. The standard InChI is InChI=1S/C17H19Cl2NO/c1-11(2)12-3-5-13(6-4-12)17(21)10-20-16-9-14(18)7-8-15(16)19/h3-9,11,17,20-21H,10H2,1-2H3. The van der Waals surface area contributed by atoms with Crippen molar-refractivity contribution in [3.05, 3.63) is 63.6 Å². The van der Waals surface area contributed by atoms with Crippen LogP contribution < -0.4 is 5.32 Å². The Hall–Kier alpha value is -1.22. The smallest absolute Gasteiger partial charge is 0.0962 e. The summed E-state index contributed by atoms with van der Waals surface area (Å²) in [5.41, 5.74) is 2.86. The van der Waals surface area contributed by atoms with E-state index in [4.69, 9.17) is 23.2 Å². The fraction of sp³-hybridized carbons (Fsp3) is 0.294. The highest BCUT2D eigenvalue weighted by Gasteiger charge is 2.09. The molecule has 112 valence electrons. The third-order valence-electron chi connectivity index (χ3n) is 3.40. The molecule has 0 aliphatic heterocycles. The Bertz CT molecular complexity index is 596. The first-order valence-electron chi connectivity index (χ1n) is 6.94. The van der Waals surface area contributed by atoms with E-state index in [9.17, 15) is 5.11 Å². The minimum Gasteiger partial charge on any atom is -0.387 e. The Morgan fingerprint density at radius 3 is 2.24 bits per heavy atom. The van der Waals surface area contributed by atoms with Gasteiger partial charge in [-0.1, -0.05) is 61.3 Å². The maximum absolute atomic E-state index is 10.2. The molecule has 1 unspecified atom stereocenters. The third kappa shape index (κ3) is 4.37. The highest BCUT2D eigenvalue weighted by Crippen LogP contribution is 2.26. The summed E-state index contributed by atoms with van der Waals surface area (Å²) >= 11 is 12.0. The molecule has 0 heterocycles. The Labute approximate surface area is 135 Å². The van der Waals surface area contributed by atoms with Crippen molar-refractivity contribution in [1.29, 1.82) is 0 Å². The van der Waals surface area contributed by atoms with Crippen LogP contribution in [0.2, 0.25) is 10.0 Å². The second-order valence-electron chi connectivity index (χ2n) is 5.34. The number of aliphatic hydroxyl groups is 1. The maximum atomic E-state index is 10.2. The van der Waals surface area contributed by atoms with Crippen molar-refractivity contribution in [2.75, 3.05) is 11.9 Å². The highest BCUT2D eigenvalue weighted by molar-refractivity contribution is 6.35. The highest BCUT2D eigenvalue weighted by atomic mass is 35.5. The number of nitrogens with one attached hydrogen (secondary N) is 1. The van der Waals surface area contributed by atoms with Gasteiger partial charge in [0.2, 0.25) is 0 Å². The molecule has 1 atom stereocenters. The summed E-state index contributed by atoms with van der Waals surface area (Å²) in [7, 11) is 0. The van der Waals surface area contributed by atoms with Crippen LogP contribution in [0.5, 0.6) is 0 Å². The molecular weight excluding hydrogens is 305 g/mol. The quantitative estimate of drug-likeness (QED) is 0.786. The molecule has 0 aliphatic rings. The topological polar surface area (TPSA) is 32.3 Å². The van der Waals surface area contributed by atoms with Crippen molar-refractivity contribution >= 4 is 28.9 Å². The number of anilines is 1. The summed E-state index contributed by atoms with van der Waals surface area (Å²) in [5.74, 6) is 0.486. The van der Waals surface area contributed by atoms with E-state index in [1.807, 2.05) is 12.1 Å². The summed E-state index contributed by atoms with van der Waals surface area (Å²) in [5, 5.41) is 14.5. The van der Waals surface area contributed by atoms with E-state index in [-0.39, 0.29) is 0 Å². The van der Waals surface area contributed by atoms with Crippen LogP contribution in [0.4, 0.5) is 5.69 Å². The van der Waals surface area contributed by atoms with Crippen LogP contribution in [0, 0.1) is 0 Å². The van der Waals surface area contributed by atoms with Gasteiger partial charge in [0.05, 0.1) is 16.8 Å². The normalized spacial score (nSPS) is 12.5. The van der Waals surface area contributed by atoms with Gasteiger partial charge < -0.3 is 10.4 Å². The van der Waals surface area contributed by atoms with Crippen molar-refractivity contribution in [1.82, 2.24) is 0 Å². The van der Waals surface area contributed by atoms with E-state index in [0.29, 0.717) is 22.5 Å². The largest absolute Gasteiger partial charge is 0.387 e. The number of hydrogen-bond donors (Lipinski definition) is 2. The van der Waals surface area contributed by atoms with Gasteiger partial charge in [0.25, 0.3) is 0 Å². The third-order valence-corrected chi connectivity index (χ3v) is 3.97. The van der Waals surface area contributed by atoms with Gasteiger partial charge >= 0.3 is 0 Å². The zero-order valence-electron chi connectivity index (χ0n) is 12.1. The minimum atomic E-state index is -0.596. The number of benzene rings is 2. The molecule has 0 aromatic heterocycles. The van der Waals surface area contributed by atoms with E-state index in [0.717, 1.165) is 11.3 Å². The molecule has 0 radical (unpaired) electrons. The number of hydrogen-bond acceptors (Lipinski definition) is 2. The molecular formula is C17H19Cl2NO. The summed E-state index contributed by atoms with van der Waals surface area (Å²) in [6.07, 6.45) is -0.596. The average Bonchev–Trinajstić information content (AvgIpc) is 2.48. The molecule has 4 heteroatoms. The van der Waals surface area contributed by atoms with E-state index < -0.39 is 6.10 Å². The molecule has 0 aliphatic carbocycles. The molecule has 21 heavy (non-hydrogen) atoms. The zero-order chi connectivity index (χ0) is 15.4. The van der Waals surface area contributed by atoms with E-state index in [2.05, 4.69) is 31.3 Å². The molecule has 0 fully saturated rings. The van der Waals surface area contributed by atoms with Crippen molar-refractivity contribution in [2.45, 2.75) is 25.9 Å². The molecule has 2 rings (SSSR count). The predicted octanol–water partition coefficient (Wildman–Crippen LogP) is 5.26. The maximum Gasteiger partial charge on any atom is 0.0962 e. The van der Waals surface area contributed by atoms with Crippen molar-refractivity contribution in [3.8, 4) is 0 Å². The molecule has 2 aromatic rings. The van der Waals surface area contributed by atoms with Crippen LogP contribution >= 0.6 is 23.2 Å². The SMILES string of the molecule is CC(C)c1ccc(C(O)CNc2cc(Cl)ccc2Cl)cc1. The van der Waals surface area contributed by atoms with Gasteiger partial charge in [-0.05, 0) is 35.2 Å². The number of aliphatic hydroxyl groups excluding tert-OH is 1. The Morgan fingerprint density at radius 2 is 1.62 bits per heavy atom. The van der Waals surface area contributed by atoms with Gasteiger partial charge in [0.1, 0.15) is 0 Å². The molecule has 0 saturated carbocycles. The monoisotopic (exact) mass is 323 g/mol. The second-order valence-corrected chi connectivity index (χ2v) is 6.19. The first-order chi connectivity index (χ1) is 9.97. The Morgan fingerprint density at radius 1 is 1.00 bits per heavy atom. The van der Waals surface area contributed by atoms with Crippen LogP contribution in [-0.2, 0) is 0 Å². The lowest BCUT2D eigenvalue weighted by Gasteiger charge is -2.15. The fourth-order valence-corrected chi connectivity index (χ4v) is 2.42. The van der Waals surface area contributed by atoms with E-state index in [1.54, 1.807) is 18.2 Å². The van der Waals surface area contributed by atoms with Crippen molar-refractivity contribution in [3.63, 3.8) is 0 Å². The molecule has 2 N–H and O–H groups in total. The molecule has 0 bridgehead atoms. The summed E-state index contributed by atoms with van der Waals surface area (Å²) in [4.78, 5) is 0. The van der Waals surface area contributed by atoms with E-state index >= 15 is 0 Å². The van der Waals surface area contributed by atoms with Crippen molar-refractivity contribution < 1.29 is 5.11 Å². The molecule has 0 saturated heterocycles. The molecule has 2 nitrogen and oxygen atoms in total. The van der Waals surface area contributed by atoms with Gasteiger partial charge in [-0.3, -0.25) is 0 Å². The minimum absolute atomic E-state index is 0.376. The average molecular weight is 324 g/mol. The van der Waals surface area contributed by atoms with Crippen LogP contribution in [-0.4, -0.2) is 11.7 Å². The summed E-state index contributed by atoms with van der Waals surface area (Å²) < 4.78 is 0. The zero-order valence-corrected chi connectivity index (χ0v) is 13.6. The Balaban J connectivity index is 2.01. The molecule has 2 aromatic carbocycles. The molecule has 0 spiro atoms. The van der Waals surface area contributed by atoms with Gasteiger partial charge in [-0.25, -0.2) is 0 Å². The predicted molar refractivity (Wildman–Crippen MR) is 90.4 cm³/mol. The fourth-order valence-electron chi connectivity index (χ4n) is 2.06. The van der Waals surface area contributed by atoms with Gasteiger partial charge in [-0.15, -0.1) is 0 Å². The van der Waals surface area contributed by atoms with Gasteiger partial charge in [-0.2, -0.15) is 0 Å². The lowest BCUT2D eigenvalue weighted by atomic mass is 10.00. The lowest BCUT2D eigenvalue weighted by molar-refractivity contribution is 0.191. The van der Waals surface area contributed by atoms with Gasteiger partial charge in [0, 0.05) is 11.6 Å². The first kappa shape index (κ1) is 16.2. The first-order valence-corrected chi connectivity index (χ1v) is 7.70. The van der Waals surface area contributed by atoms with Crippen LogP contribution in [0.3, 0.4) is 0 Å². The lowest BCUT2D eigenvalue weighted by Crippen LogP contribution is -2.12. The summed E-state index contributed by atoms with van der Waals surface area (Å²) in [6, 6.07) is 13.2. The van der Waals surface area contributed by atoms with Crippen LogP contribution in [0.25, 0.3) is 0 Å². The number of rotatable bonds is 5. The van der Waals surface area contributed by atoms with Crippen LogP contribution in [0.15, 0.2) is 42.5 Å². The number of halogens is 2.